The molecule has 1 aromatic carbocycles. The third kappa shape index (κ3) is 2.15. The van der Waals surface area contributed by atoms with Crippen molar-refractivity contribution in [3.8, 4) is 11.5 Å². The molecule has 0 aromatic heterocycles. The first-order valence-corrected chi connectivity index (χ1v) is 7.68. The maximum Gasteiger partial charge on any atom is 0.223 e. The first kappa shape index (κ1) is 15.2. The summed E-state index contributed by atoms with van der Waals surface area (Å²) in [6.07, 6.45) is 2.34. The molecule has 0 spiro atoms. The highest BCUT2D eigenvalue weighted by Crippen LogP contribution is 2.50. The Labute approximate surface area is 130 Å². The largest absolute Gasteiger partial charge is 0.493 e. The number of hydrogen-bond donors (Lipinski definition) is 1. The van der Waals surface area contributed by atoms with Crippen molar-refractivity contribution >= 4 is 5.91 Å². The average Bonchev–Trinajstić information content (AvgIpc) is 2.79. The number of methoxy groups -OCH3 is 2. The molecule has 3 rings (SSSR count). The molecule has 1 aromatic rings. The molecule has 120 valence electrons. The fraction of sp³-hybridized carbons (Fsp3) is 0.588. The molecule has 0 radical (unpaired) electrons. The van der Waals surface area contributed by atoms with Gasteiger partial charge in [-0.1, -0.05) is 6.07 Å². The number of ether oxygens (including phenoxy) is 2. The van der Waals surface area contributed by atoms with Crippen LogP contribution in [0.2, 0.25) is 0 Å². The minimum Gasteiger partial charge on any atom is -0.493 e. The van der Waals surface area contributed by atoms with Crippen molar-refractivity contribution in [1.29, 1.82) is 0 Å². The normalized spacial score (nSPS) is 31.1. The molecule has 0 unspecified atom stereocenters. The summed E-state index contributed by atoms with van der Waals surface area (Å²) in [4.78, 5) is 14.1. The van der Waals surface area contributed by atoms with Crippen LogP contribution >= 0.6 is 0 Å². The summed E-state index contributed by atoms with van der Waals surface area (Å²) in [6, 6.07) is 5.95. The van der Waals surface area contributed by atoms with Gasteiger partial charge in [0.05, 0.1) is 20.3 Å². The van der Waals surface area contributed by atoms with E-state index in [1.54, 1.807) is 19.1 Å². The Morgan fingerprint density at radius 2 is 2.00 bits per heavy atom. The predicted molar refractivity (Wildman–Crippen MR) is 82.3 cm³/mol. The summed E-state index contributed by atoms with van der Waals surface area (Å²) in [5.74, 6) is 1.52. The summed E-state index contributed by atoms with van der Waals surface area (Å²) in [6.45, 7) is 0. The lowest BCUT2D eigenvalue weighted by molar-refractivity contribution is -0.127. The zero-order valence-electron chi connectivity index (χ0n) is 13.3. The highest BCUT2D eigenvalue weighted by atomic mass is 16.5. The fourth-order valence-corrected chi connectivity index (χ4v) is 4.08. The van der Waals surface area contributed by atoms with Gasteiger partial charge in [0.15, 0.2) is 11.5 Å². The fourth-order valence-electron chi connectivity index (χ4n) is 4.08. The minimum absolute atomic E-state index is 0.0434. The zero-order valence-corrected chi connectivity index (χ0v) is 13.3. The van der Waals surface area contributed by atoms with Gasteiger partial charge in [-0.05, 0) is 37.0 Å². The van der Waals surface area contributed by atoms with E-state index in [0.29, 0.717) is 24.3 Å². The van der Waals surface area contributed by atoms with Gasteiger partial charge >= 0.3 is 0 Å². The van der Waals surface area contributed by atoms with Crippen LogP contribution in [-0.2, 0) is 10.2 Å². The molecule has 5 heteroatoms. The van der Waals surface area contributed by atoms with Gasteiger partial charge in [-0.2, -0.15) is 0 Å². The van der Waals surface area contributed by atoms with Crippen molar-refractivity contribution in [3.05, 3.63) is 23.8 Å². The van der Waals surface area contributed by atoms with Crippen molar-refractivity contribution in [3.63, 3.8) is 0 Å². The third-order valence-electron chi connectivity index (χ3n) is 5.34. The van der Waals surface area contributed by atoms with E-state index in [4.69, 9.17) is 9.47 Å². The van der Waals surface area contributed by atoms with Gasteiger partial charge in [0.1, 0.15) is 0 Å². The van der Waals surface area contributed by atoms with Gasteiger partial charge in [0, 0.05) is 24.9 Å². The molecule has 1 heterocycles. The quantitative estimate of drug-likeness (QED) is 0.924. The zero-order chi connectivity index (χ0) is 15.9. The Kier molecular flexibility index (Phi) is 3.77. The van der Waals surface area contributed by atoms with Gasteiger partial charge in [0.25, 0.3) is 0 Å². The number of rotatable bonds is 3. The second kappa shape index (κ2) is 5.47. The van der Waals surface area contributed by atoms with E-state index < -0.39 is 0 Å². The summed E-state index contributed by atoms with van der Waals surface area (Å²) < 4.78 is 10.7. The van der Waals surface area contributed by atoms with Crippen LogP contribution in [0.5, 0.6) is 11.5 Å². The van der Waals surface area contributed by atoms with Crippen molar-refractivity contribution in [2.75, 3.05) is 21.3 Å². The number of carbonyl (C=O) groups excluding carboxylic acids is 1. The number of amides is 1. The molecule has 2 aliphatic rings. The van der Waals surface area contributed by atoms with Gasteiger partial charge in [-0.15, -0.1) is 0 Å². The summed E-state index contributed by atoms with van der Waals surface area (Å²) in [5, 5.41) is 10.0. The Balaban J connectivity index is 2.06. The topological polar surface area (TPSA) is 59.0 Å². The Hall–Kier alpha value is -1.75. The number of hydrogen-bond acceptors (Lipinski definition) is 4. The summed E-state index contributed by atoms with van der Waals surface area (Å²) in [7, 11) is 5.07. The summed E-state index contributed by atoms with van der Waals surface area (Å²) >= 11 is 0. The van der Waals surface area contributed by atoms with E-state index in [2.05, 4.69) is 0 Å². The van der Waals surface area contributed by atoms with Crippen molar-refractivity contribution in [2.45, 2.75) is 43.2 Å². The molecule has 5 nitrogen and oxygen atoms in total. The molecule has 0 bridgehead atoms. The van der Waals surface area contributed by atoms with Crippen LogP contribution in [0.15, 0.2) is 18.2 Å². The van der Waals surface area contributed by atoms with Crippen LogP contribution in [0.25, 0.3) is 0 Å². The lowest BCUT2D eigenvalue weighted by Gasteiger charge is -2.42. The van der Waals surface area contributed by atoms with Crippen LogP contribution < -0.4 is 9.47 Å². The minimum atomic E-state index is -0.327. The molecule has 1 amide bonds. The highest BCUT2D eigenvalue weighted by Gasteiger charge is 2.53. The van der Waals surface area contributed by atoms with E-state index >= 15 is 0 Å². The van der Waals surface area contributed by atoms with Crippen LogP contribution in [0.4, 0.5) is 0 Å². The van der Waals surface area contributed by atoms with E-state index in [1.165, 1.54) is 0 Å². The standard InChI is InChI=1S/C17H23NO4/c1-18-15-9-12(19)6-7-17(15,10-16(18)20)11-4-5-13(21-2)14(8-11)22-3/h4-5,8,12,15,19H,6-7,9-10H2,1-3H3/t12-,15-,17-/m0/s1. The van der Waals surface area contributed by atoms with E-state index in [-0.39, 0.29) is 23.5 Å². The SMILES string of the molecule is COc1ccc([C@@]23CC[C@H](O)C[C@@H]2N(C)C(=O)C3)cc1OC. The smallest absolute Gasteiger partial charge is 0.223 e. The van der Waals surface area contributed by atoms with Gasteiger partial charge in [-0.3, -0.25) is 4.79 Å². The number of aliphatic hydroxyl groups is 1. The van der Waals surface area contributed by atoms with E-state index in [0.717, 1.165) is 18.4 Å². The molecular weight excluding hydrogens is 282 g/mol. The number of nitrogens with zero attached hydrogens (tertiary/aromatic N) is 1. The van der Waals surface area contributed by atoms with Gasteiger partial charge in [-0.25, -0.2) is 0 Å². The van der Waals surface area contributed by atoms with Crippen molar-refractivity contribution in [2.24, 2.45) is 0 Å². The third-order valence-corrected chi connectivity index (χ3v) is 5.34. The maximum absolute atomic E-state index is 12.3. The molecule has 1 saturated carbocycles. The van der Waals surface area contributed by atoms with E-state index in [1.807, 2.05) is 25.2 Å². The van der Waals surface area contributed by atoms with Gasteiger partial charge < -0.3 is 19.5 Å². The number of carbonyl (C=O) groups is 1. The van der Waals surface area contributed by atoms with Crippen molar-refractivity contribution in [1.82, 2.24) is 4.90 Å². The Morgan fingerprint density at radius 3 is 2.68 bits per heavy atom. The summed E-state index contributed by atoms with van der Waals surface area (Å²) in [5.41, 5.74) is 0.865. The first-order valence-electron chi connectivity index (χ1n) is 7.68. The Bertz CT molecular complexity index is 588. The van der Waals surface area contributed by atoms with Crippen molar-refractivity contribution < 1.29 is 19.4 Å². The lowest BCUT2D eigenvalue weighted by Crippen LogP contribution is -2.47. The van der Waals surface area contributed by atoms with E-state index in [9.17, 15) is 9.90 Å². The average molecular weight is 305 g/mol. The number of fused-ring (bicyclic) bond motifs is 1. The molecule has 2 fully saturated rings. The maximum atomic E-state index is 12.3. The van der Waals surface area contributed by atoms with Crippen LogP contribution in [-0.4, -0.2) is 49.3 Å². The molecule has 3 atom stereocenters. The lowest BCUT2D eigenvalue weighted by atomic mass is 9.65. The predicted octanol–water partition coefficient (Wildman–Crippen LogP) is 1.72. The van der Waals surface area contributed by atoms with Crippen LogP contribution in [0, 0.1) is 0 Å². The van der Waals surface area contributed by atoms with Crippen LogP contribution in [0.3, 0.4) is 0 Å². The highest BCUT2D eigenvalue weighted by molar-refractivity contribution is 5.82. The number of benzene rings is 1. The molecule has 1 N–H and O–H groups in total. The second-order valence-electron chi connectivity index (χ2n) is 6.35. The monoisotopic (exact) mass is 305 g/mol. The molecule has 22 heavy (non-hydrogen) atoms. The molecule has 1 aliphatic heterocycles. The molecular formula is C17H23NO4. The molecule has 1 saturated heterocycles. The number of likely N-dealkylation sites (N-methyl/N-ethyl adjacent to an activating group) is 1. The van der Waals surface area contributed by atoms with Crippen LogP contribution in [0.1, 0.15) is 31.2 Å². The molecule has 1 aliphatic carbocycles. The first-order chi connectivity index (χ1) is 10.5. The Morgan fingerprint density at radius 1 is 1.27 bits per heavy atom. The second-order valence-corrected chi connectivity index (χ2v) is 6.35. The number of likely N-dealkylation sites (tertiary alicyclic amines) is 1. The van der Waals surface area contributed by atoms with Gasteiger partial charge in [0.2, 0.25) is 5.91 Å². The number of aliphatic hydroxyl groups excluding tert-OH is 1.